The monoisotopic (exact) mass is 342 g/mol. The smallest absolute Gasteiger partial charge is 0.220 e. The van der Waals surface area contributed by atoms with Crippen LogP contribution in [0.2, 0.25) is 5.15 Å². The number of nitrogens with two attached hydrogens (primary N) is 2. The maximum Gasteiger partial charge on any atom is 0.220 e. The molecule has 1 spiro atoms. The van der Waals surface area contributed by atoms with Crippen molar-refractivity contribution in [2.75, 3.05) is 4.90 Å². The average Bonchev–Trinajstić information content (AvgIpc) is 2.54. The number of rotatable bonds is 1. The molecule has 6 nitrogen and oxygen atoms in total. The van der Waals surface area contributed by atoms with E-state index in [1.165, 1.54) is 6.42 Å². The maximum absolute atomic E-state index is 6.26. The molecule has 0 amide bonds. The van der Waals surface area contributed by atoms with Crippen LogP contribution in [0, 0.1) is 0 Å². The van der Waals surface area contributed by atoms with Crippen LogP contribution < -0.4 is 16.4 Å². The summed E-state index contributed by atoms with van der Waals surface area (Å²) in [5.74, 6) is 0.655. The molecule has 4 rings (SSSR count). The lowest BCUT2D eigenvalue weighted by Gasteiger charge is -2.45. The molecule has 7 heteroatoms. The Morgan fingerprint density at radius 3 is 2.62 bits per heavy atom. The zero-order chi connectivity index (χ0) is 16.7. The van der Waals surface area contributed by atoms with Crippen molar-refractivity contribution in [2.45, 2.75) is 37.8 Å². The first-order chi connectivity index (χ1) is 11.6. The van der Waals surface area contributed by atoms with Gasteiger partial charge in [0.15, 0.2) is 0 Å². The van der Waals surface area contributed by atoms with E-state index in [0.29, 0.717) is 11.1 Å². The summed E-state index contributed by atoms with van der Waals surface area (Å²) in [6.45, 7) is 0. The average molecular weight is 343 g/mol. The fourth-order valence-corrected chi connectivity index (χ4v) is 3.90. The first-order valence-corrected chi connectivity index (χ1v) is 8.50. The van der Waals surface area contributed by atoms with Crippen LogP contribution >= 0.6 is 11.6 Å². The van der Waals surface area contributed by atoms with E-state index in [1.54, 1.807) is 6.20 Å². The zero-order valence-electron chi connectivity index (χ0n) is 13.2. The van der Waals surface area contributed by atoms with E-state index < -0.39 is 5.66 Å². The Labute approximate surface area is 145 Å². The van der Waals surface area contributed by atoms with Gasteiger partial charge in [0, 0.05) is 17.3 Å². The first kappa shape index (κ1) is 15.2. The molecular formula is C17H19ClN6. The highest BCUT2D eigenvalue weighted by Crippen LogP contribution is 2.40. The van der Waals surface area contributed by atoms with E-state index >= 15 is 0 Å². The lowest BCUT2D eigenvalue weighted by molar-refractivity contribution is 0.305. The number of aliphatic imine (C=N–C) groups is 2. The second-order valence-electron chi connectivity index (χ2n) is 6.36. The van der Waals surface area contributed by atoms with E-state index in [-0.39, 0.29) is 5.96 Å². The summed E-state index contributed by atoms with van der Waals surface area (Å²) in [7, 11) is 0. The number of pyridine rings is 1. The van der Waals surface area contributed by atoms with E-state index in [9.17, 15) is 0 Å². The predicted octanol–water partition coefficient (Wildman–Crippen LogP) is 3.00. The fraction of sp³-hybridized carbons (Fsp3) is 0.353. The third-order valence-corrected chi connectivity index (χ3v) is 4.99. The topological polar surface area (TPSA) is 92.9 Å². The fourth-order valence-electron chi connectivity index (χ4n) is 3.74. The lowest BCUT2D eigenvalue weighted by Crippen LogP contribution is -2.58. The number of halogens is 1. The van der Waals surface area contributed by atoms with Gasteiger partial charge in [0.1, 0.15) is 10.8 Å². The van der Waals surface area contributed by atoms with Gasteiger partial charge < -0.3 is 11.5 Å². The van der Waals surface area contributed by atoms with E-state index in [2.05, 4.69) is 16.0 Å². The second-order valence-corrected chi connectivity index (χ2v) is 6.74. The van der Waals surface area contributed by atoms with Crippen LogP contribution in [0.1, 0.15) is 32.1 Å². The number of nitrogens with zero attached hydrogens (tertiary/aromatic N) is 4. The Bertz CT molecular complexity index is 853. The molecule has 2 aliphatic rings. The molecule has 0 unspecified atom stereocenters. The third-order valence-electron chi connectivity index (χ3n) is 4.78. The molecule has 2 heterocycles. The van der Waals surface area contributed by atoms with Gasteiger partial charge in [-0.05, 0) is 49.3 Å². The Morgan fingerprint density at radius 1 is 1.04 bits per heavy atom. The molecule has 2 aromatic rings. The van der Waals surface area contributed by atoms with Crippen molar-refractivity contribution < 1.29 is 0 Å². The van der Waals surface area contributed by atoms with Crippen molar-refractivity contribution in [3.05, 3.63) is 35.6 Å². The molecule has 124 valence electrons. The lowest BCUT2D eigenvalue weighted by atomic mass is 9.87. The molecule has 0 saturated heterocycles. The third kappa shape index (κ3) is 2.47. The Balaban J connectivity index is 1.84. The van der Waals surface area contributed by atoms with Crippen LogP contribution in [0.5, 0.6) is 0 Å². The van der Waals surface area contributed by atoms with Crippen LogP contribution in [-0.4, -0.2) is 22.6 Å². The van der Waals surface area contributed by atoms with Crippen LogP contribution in [0.15, 0.2) is 40.4 Å². The standard InChI is InChI=1S/C17H19ClN6/c18-14-9-12-8-13(5-4-11(12)10-21-14)24-16(20)22-15(19)23-17(24)6-2-1-3-7-17/h4-5,8-10H,1-3,6-7H2,(H4,19,20,22,23). The molecule has 1 fully saturated rings. The van der Waals surface area contributed by atoms with Crippen LogP contribution in [0.3, 0.4) is 0 Å². The molecule has 24 heavy (non-hydrogen) atoms. The first-order valence-electron chi connectivity index (χ1n) is 8.12. The Hall–Kier alpha value is -2.34. The Morgan fingerprint density at radius 2 is 1.83 bits per heavy atom. The van der Waals surface area contributed by atoms with Gasteiger partial charge in [-0.3, -0.25) is 4.90 Å². The minimum absolute atomic E-state index is 0.263. The summed E-state index contributed by atoms with van der Waals surface area (Å²) in [5.41, 5.74) is 12.7. The van der Waals surface area contributed by atoms with Gasteiger partial charge in [0.2, 0.25) is 11.9 Å². The number of aromatic nitrogens is 1. The number of guanidine groups is 2. The molecule has 0 radical (unpaired) electrons. The summed E-state index contributed by atoms with van der Waals surface area (Å²) in [6.07, 6.45) is 7.01. The molecule has 1 aromatic heterocycles. The molecule has 0 atom stereocenters. The summed E-state index contributed by atoms with van der Waals surface area (Å²) in [6, 6.07) is 7.94. The normalized spacial score (nSPS) is 20.1. The number of fused-ring (bicyclic) bond motifs is 1. The minimum atomic E-state index is -0.432. The van der Waals surface area contributed by atoms with E-state index in [4.69, 9.17) is 28.1 Å². The molecule has 1 aliphatic heterocycles. The number of benzene rings is 1. The van der Waals surface area contributed by atoms with Crippen molar-refractivity contribution in [3.63, 3.8) is 0 Å². The van der Waals surface area contributed by atoms with Crippen LogP contribution in [0.4, 0.5) is 5.69 Å². The van der Waals surface area contributed by atoms with Gasteiger partial charge in [-0.1, -0.05) is 24.1 Å². The molecule has 0 bridgehead atoms. The van der Waals surface area contributed by atoms with Crippen molar-refractivity contribution in [2.24, 2.45) is 21.5 Å². The van der Waals surface area contributed by atoms with Gasteiger partial charge in [0.05, 0.1) is 0 Å². The van der Waals surface area contributed by atoms with Gasteiger partial charge in [-0.25, -0.2) is 9.98 Å². The zero-order valence-corrected chi connectivity index (χ0v) is 14.0. The maximum atomic E-state index is 6.26. The highest BCUT2D eigenvalue weighted by atomic mass is 35.5. The number of anilines is 1. The highest BCUT2D eigenvalue weighted by molar-refractivity contribution is 6.30. The van der Waals surface area contributed by atoms with Crippen molar-refractivity contribution in [1.82, 2.24) is 4.98 Å². The van der Waals surface area contributed by atoms with Gasteiger partial charge in [-0.2, -0.15) is 4.99 Å². The summed E-state index contributed by atoms with van der Waals surface area (Å²) < 4.78 is 0. The summed E-state index contributed by atoms with van der Waals surface area (Å²) in [4.78, 5) is 15.0. The molecule has 1 aromatic carbocycles. The minimum Gasteiger partial charge on any atom is -0.369 e. The molecule has 1 saturated carbocycles. The SMILES string of the molecule is NC1=NC2(CCCCC2)N(c2ccc3cnc(Cl)cc3c2)C(N)=N1. The van der Waals surface area contributed by atoms with Crippen molar-refractivity contribution in [1.29, 1.82) is 0 Å². The number of hydrogen-bond acceptors (Lipinski definition) is 6. The molecular weight excluding hydrogens is 324 g/mol. The quantitative estimate of drug-likeness (QED) is 0.779. The van der Waals surface area contributed by atoms with E-state index in [1.807, 2.05) is 23.1 Å². The summed E-state index contributed by atoms with van der Waals surface area (Å²) >= 11 is 6.04. The highest BCUT2D eigenvalue weighted by Gasteiger charge is 2.42. The van der Waals surface area contributed by atoms with Gasteiger partial charge in [-0.15, -0.1) is 0 Å². The van der Waals surface area contributed by atoms with Gasteiger partial charge in [0.25, 0.3) is 0 Å². The van der Waals surface area contributed by atoms with Crippen molar-refractivity contribution >= 4 is 40.0 Å². The van der Waals surface area contributed by atoms with Crippen LogP contribution in [-0.2, 0) is 0 Å². The van der Waals surface area contributed by atoms with Crippen molar-refractivity contribution in [3.8, 4) is 0 Å². The largest absolute Gasteiger partial charge is 0.369 e. The van der Waals surface area contributed by atoms with E-state index in [0.717, 1.165) is 42.1 Å². The predicted molar refractivity (Wildman–Crippen MR) is 98.3 cm³/mol. The molecule has 4 N–H and O–H groups in total. The van der Waals surface area contributed by atoms with Crippen LogP contribution in [0.25, 0.3) is 10.8 Å². The Kier molecular flexibility index (Phi) is 3.57. The second kappa shape index (κ2) is 5.63. The van der Waals surface area contributed by atoms with Gasteiger partial charge >= 0.3 is 0 Å². The molecule has 1 aliphatic carbocycles. The number of hydrogen-bond donors (Lipinski definition) is 2. The summed E-state index contributed by atoms with van der Waals surface area (Å²) in [5, 5.41) is 2.50.